The number of anilines is 1. The Hall–Kier alpha value is -3.90. The second kappa shape index (κ2) is 10.4. The van der Waals surface area contributed by atoms with Crippen molar-refractivity contribution in [1.29, 1.82) is 0 Å². The summed E-state index contributed by atoms with van der Waals surface area (Å²) in [7, 11) is 0. The van der Waals surface area contributed by atoms with Crippen molar-refractivity contribution in [2.24, 2.45) is 0 Å². The number of fused-ring (bicyclic) bond motifs is 1. The molecule has 1 heterocycles. The fourth-order valence-electron chi connectivity index (χ4n) is 3.50. The van der Waals surface area contributed by atoms with Crippen molar-refractivity contribution in [3.63, 3.8) is 0 Å². The van der Waals surface area contributed by atoms with Crippen molar-refractivity contribution in [2.75, 3.05) is 18.0 Å². The molecule has 0 aliphatic carbocycles. The summed E-state index contributed by atoms with van der Waals surface area (Å²) in [5.74, 6) is -2.28. The second-order valence-corrected chi connectivity index (χ2v) is 7.99. The van der Waals surface area contributed by atoms with Gasteiger partial charge in [-0.05, 0) is 35.9 Å². The molecular formula is C23H21F6N3O4. The quantitative estimate of drug-likeness (QED) is 0.181. The maximum Gasteiger partial charge on any atom is 0.390 e. The van der Waals surface area contributed by atoms with Gasteiger partial charge in [-0.15, -0.1) is 0 Å². The lowest BCUT2D eigenvalue weighted by Gasteiger charge is -2.28. The Labute approximate surface area is 201 Å². The highest BCUT2D eigenvalue weighted by Crippen LogP contribution is 2.31. The van der Waals surface area contributed by atoms with Gasteiger partial charge in [-0.3, -0.25) is 14.9 Å². The summed E-state index contributed by atoms with van der Waals surface area (Å²) >= 11 is 0. The molecule has 0 saturated carbocycles. The monoisotopic (exact) mass is 517 g/mol. The van der Waals surface area contributed by atoms with Crippen LogP contribution in [0.4, 0.5) is 32.0 Å². The van der Waals surface area contributed by atoms with Crippen molar-refractivity contribution in [3.05, 3.63) is 59.3 Å². The Morgan fingerprint density at radius 1 is 0.833 bits per heavy atom. The zero-order chi connectivity index (χ0) is 26.7. The molecule has 36 heavy (non-hydrogen) atoms. The lowest BCUT2D eigenvalue weighted by molar-refractivity contribution is -0.135. The molecule has 0 fully saturated rings. The second-order valence-electron chi connectivity index (χ2n) is 7.99. The average molecular weight is 517 g/mol. The van der Waals surface area contributed by atoms with Crippen LogP contribution >= 0.6 is 0 Å². The van der Waals surface area contributed by atoms with Gasteiger partial charge in [0.15, 0.2) is 11.5 Å². The molecule has 194 valence electrons. The number of carbonyl (C=O) groups excluding carboxylic acids is 2. The van der Waals surface area contributed by atoms with Crippen LogP contribution in [0.2, 0.25) is 0 Å². The van der Waals surface area contributed by atoms with Crippen molar-refractivity contribution >= 4 is 23.1 Å². The molecule has 0 saturated heterocycles. The number of hydrogen-bond donors (Lipinski definition) is 4. The van der Waals surface area contributed by atoms with Gasteiger partial charge in [-0.2, -0.15) is 26.3 Å². The smallest absolute Gasteiger partial charge is 0.390 e. The van der Waals surface area contributed by atoms with Gasteiger partial charge in [0.1, 0.15) is 0 Å². The molecule has 0 spiro atoms. The molecule has 0 aromatic heterocycles. The minimum Gasteiger partial charge on any atom is -0.504 e. The Balaban J connectivity index is 1.91. The number of nitrogens with one attached hydrogen (secondary N) is 2. The first kappa shape index (κ1) is 26.7. The highest BCUT2D eigenvalue weighted by Gasteiger charge is 2.32. The molecule has 2 amide bonds. The maximum atomic E-state index is 12.8. The highest BCUT2D eigenvalue weighted by atomic mass is 19.4. The molecule has 2 aromatic rings. The fourth-order valence-corrected chi connectivity index (χ4v) is 3.50. The molecule has 1 aliphatic rings. The Bertz CT molecular complexity index is 1160. The van der Waals surface area contributed by atoms with Gasteiger partial charge in [0.2, 0.25) is 0 Å². The third kappa shape index (κ3) is 7.06. The van der Waals surface area contributed by atoms with Crippen LogP contribution in [0, 0.1) is 0 Å². The summed E-state index contributed by atoms with van der Waals surface area (Å²) in [5, 5.41) is 23.9. The van der Waals surface area contributed by atoms with Gasteiger partial charge in [-0.1, -0.05) is 6.07 Å². The minimum absolute atomic E-state index is 0.0141. The number of aromatic hydroxyl groups is 2. The summed E-state index contributed by atoms with van der Waals surface area (Å²) in [6.07, 6.45) is -10.7. The predicted molar refractivity (Wildman–Crippen MR) is 117 cm³/mol. The van der Waals surface area contributed by atoms with Crippen molar-refractivity contribution in [3.8, 4) is 11.5 Å². The van der Waals surface area contributed by atoms with Crippen LogP contribution in [0.1, 0.15) is 34.3 Å². The summed E-state index contributed by atoms with van der Waals surface area (Å²) in [6, 6.07) is 7.69. The maximum absolute atomic E-state index is 12.8. The lowest BCUT2D eigenvalue weighted by Crippen LogP contribution is -2.37. The number of rotatable bonds is 8. The Morgan fingerprint density at radius 3 is 2.06 bits per heavy atom. The third-order valence-electron chi connectivity index (χ3n) is 5.30. The van der Waals surface area contributed by atoms with Gasteiger partial charge in [0, 0.05) is 42.6 Å². The summed E-state index contributed by atoms with van der Waals surface area (Å²) < 4.78 is 76.7. The number of hydrogen-bond acceptors (Lipinski definition) is 6. The van der Waals surface area contributed by atoms with E-state index in [0.29, 0.717) is 5.56 Å². The van der Waals surface area contributed by atoms with E-state index in [1.165, 1.54) is 42.6 Å². The van der Waals surface area contributed by atoms with E-state index in [9.17, 15) is 46.1 Å². The van der Waals surface area contributed by atoms with Crippen molar-refractivity contribution in [1.82, 2.24) is 10.6 Å². The molecule has 7 nitrogen and oxygen atoms in total. The number of benzene rings is 2. The molecule has 0 radical (unpaired) electrons. The SMILES string of the molecule is O=C1NC(=O)c2ccc(N(CCC(F)(F)F)CCC(F)(F)F)cc2/C1=C\NCc1ccc(O)c(O)c1. The van der Waals surface area contributed by atoms with Crippen molar-refractivity contribution < 1.29 is 46.1 Å². The number of imide groups is 1. The van der Waals surface area contributed by atoms with Gasteiger partial charge in [0.05, 0.1) is 18.4 Å². The third-order valence-corrected chi connectivity index (χ3v) is 5.30. The predicted octanol–water partition coefficient (Wildman–Crippen LogP) is 4.21. The largest absolute Gasteiger partial charge is 0.504 e. The average Bonchev–Trinajstić information content (AvgIpc) is 2.76. The summed E-state index contributed by atoms with van der Waals surface area (Å²) in [6.45, 7) is -1.42. The molecule has 13 heteroatoms. The number of amides is 2. The first-order valence-corrected chi connectivity index (χ1v) is 10.6. The van der Waals surface area contributed by atoms with Crippen LogP contribution in [-0.4, -0.2) is 47.5 Å². The topological polar surface area (TPSA) is 102 Å². The van der Waals surface area contributed by atoms with Crippen LogP contribution < -0.4 is 15.5 Å². The number of nitrogens with zero attached hydrogens (tertiary/aromatic N) is 1. The molecular weight excluding hydrogens is 496 g/mol. The van der Waals surface area contributed by atoms with Gasteiger partial charge >= 0.3 is 12.4 Å². The molecule has 0 unspecified atom stereocenters. The zero-order valence-corrected chi connectivity index (χ0v) is 18.5. The number of phenols is 2. The van der Waals surface area contributed by atoms with E-state index in [-0.39, 0.29) is 40.4 Å². The molecule has 1 aliphatic heterocycles. The van der Waals surface area contributed by atoms with Crippen LogP contribution in [-0.2, 0) is 11.3 Å². The normalized spacial score (nSPS) is 15.0. The number of phenolic OH excluding ortho intramolecular Hbond substituents is 2. The summed E-state index contributed by atoms with van der Waals surface area (Å²) in [5.41, 5.74) is 0.487. The molecule has 0 atom stereocenters. The Kier molecular flexibility index (Phi) is 7.70. The fraction of sp³-hybridized carbons (Fsp3) is 0.304. The van der Waals surface area contributed by atoms with E-state index in [0.717, 1.165) is 4.90 Å². The first-order chi connectivity index (χ1) is 16.7. The van der Waals surface area contributed by atoms with E-state index in [1.54, 1.807) is 0 Å². The van der Waals surface area contributed by atoms with Gasteiger partial charge in [0.25, 0.3) is 11.8 Å². The molecule has 2 aromatic carbocycles. The number of halogens is 6. The van der Waals surface area contributed by atoms with E-state index in [2.05, 4.69) is 10.6 Å². The molecule has 3 rings (SSSR count). The first-order valence-electron chi connectivity index (χ1n) is 10.6. The highest BCUT2D eigenvalue weighted by molar-refractivity contribution is 6.31. The van der Waals surface area contributed by atoms with E-state index >= 15 is 0 Å². The number of carbonyl (C=O) groups is 2. The van der Waals surface area contributed by atoms with Crippen LogP contribution in [0.15, 0.2) is 42.6 Å². The molecule has 4 N–H and O–H groups in total. The van der Waals surface area contributed by atoms with Crippen LogP contribution in [0.25, 0.3) is 5.57 Å². The zero-order valence-electron chi connectivity index (χ0n) is 18.5. The van der Waals surface area contributed by atoms with E-state index < -0.39 is 50.1 Å². The van der Waals surface area contributed by atoms with Gasteiger partial charge < -0.3 is 20.4 Å². The Morgan fingerprint density at radius 2 is 1.47 bits per heavy atom. The minimum atomic E-state index is -4.60. The standard InChI is InChI=1S/C23H21F6N3O4/c24-22(25,26)5-7-32(8-6-23(27,28)29)14-2-3-15-16(10-14)17(21(36)31-20(15)35)12-30-11-13-1-4-18(33)19(34)9-13/h1-4,9-10,12,30,33-34H,5-8,11H2,(H,31,35,36)/b17-12+. The number of alkyl halides is 6. The summed E-state index contributed by atoms with van der Waals surface area (Å²) in [4.78, 5) is 25.6. The lowest BCUT2D eigenvalue weighted by atomic mass is 9.94. The van der Waals surface area contributed by atoms with Crippen LogP contribution in [0.5, 0.6) is 11.5 Å². The molecule has 0 bridgehead atoms. The van der Waals surface area contributed by atoms with Crippen molar-refractivity contribution in [2.45, 2.75) is 31.7 Å². The van der Waals surface area contributed by atoms with E-state index in [1.807, 2.05) is 0 Å². The van der Waals surface area contributed by atoms with E-state index in [4.69, 9.17) is 0 Å². The van der Waals surface area contributed by atoms with Gasteiger partial charge in [-0.25, -0.2) is 0 Å². The van der Waals surface area contributed by atoms with Crippen LogP contribution in [0.3, 0.4) is 0 Å².